The Bertz CT molecular complexity index is 489. The molecule has 0 bridgehead atoms. The topological polar surface area (TPSA) is 61.4 Å². The monoisotopic (exact) mass is 288 g/mol. The molecular weight excluding hydrogens is 264 g/mol. The molecule has 1 saturated heterocycles. The molecular formula is C17H24N2O2. The van der Waals surface area contributed by atoms with Gasteiger partial charge in [0.2, 0.25) is 5.91 Å². The Morgan fingerprint density at radius 1 is 1.24 bits per heavy atom. The number of aliphatic hydroxyl groups is 1. The molecule has 1 aromatic rings. The van der Waals surface area contributed by atoms with Gasteiger partial charge in [0.1, 0.15) is 0 Å². The van der Waals surface area contributed by atoms with Crippen molar-refractivity contribution in [3.63, 3.8) is 0 Å². The molecule has 1 aliphatic carbocycles. The molecule has 0 aromatic heterocycles. The average Bonchev–Trinajstić information content (AvgIpc) is 2.97. The lowest BCUT2D eigenvalue weighted by Gasteiger charge is -2.24. The second-order valence-electron chi connectivity index (χ2n) is 6.25. The van der Waals surface area contributed by atoms with Crippen molar-refractivity contribution in [2.75, 3.05) is 0 Å². The standard InChI is InChI=1S/C17H24N2O2/c20-11-14-7-2-1-6-13(14)10-18-17(21)16-9-12-5-3-4-8-15(12)19-16/h1-2,6-7,12,15-16,19-20H,3-5,8-11H2,(H,18,21). The zero-order chi connectivity index (χ0) is 14.7. The van der Waals surface area contributed by atoms with Gasteiger partial charge in [-0.1, -0.05) is 37.1 Å². The van der Waals surface area contributed by atoms with E-state index in [1.165, 1.54) is 25.7 Å². The molecule has 4 nitrogen and oxygen atoms in total. The van der Waals surface area contributed by atoms with E-state index in [0.717, 1.165) is 17.5 Å². The molecule has 3 rings (SSSR count). The maximum Gasteiger partial charge on any atom is 0.237 e. The second-order valence-corrected chi connectivity index (χ2v) is 6.25. The quantitative estimate of drug-likeness (QED) is 0.790. The molecule has 0 radical (unpaired) electrons. The molecule has 3 unspecified atom stereocenters. The number of carbonyl (C=O) groups excluding carboxylic acids is 1. The van der Waals surface area contributed by atoms with Crippen LogP contribution in [0.15, 0.2) is 24.3 Å². The highest BCUT2D eigenvalue weighted by Gasteiger charge is 2.37. The highest BCUT2D eigenvalue weighted by Crippen LogP contribution is 2.33. The van der Waals surface area contributed by atoms with Crippen LogP contribution in [0, 0.1) is 5.92 Å². The molecule has 4 heteroatoms. The maximum atomic E-state index is 12.3. The van der Waals surface area contributed by atoms with E-state index < -0.39 is 0 Å². The number of amides is 1. The summed E-state index contributed by atoms with van der Waals surface area (Å²) >= 11 is 0. The number of fused-ring (bicyclic) bond motifs is 1. The van der Waals surface area contributed by atoms with Crippen LogP contribution in [0.5, 0.6) is 0 Å². The molecule has 2 aliphatic rings. The van der Waals surface area contributed by atoms with E-state index in [9.17, 15) is 9.90 Å². The Labute approximate surface area is 125 Å². The van der Waals surface area contributed by atoms with Crippen LogP contribution in [0.1, 0.15) is 43.2 Å². The third kappa shape index (κ3) is 3.27. The van der Waals surface area contributed by atoms with Crippen molar-refractivity contribution < 1.29 is 9.90 Å². The molecule has 1 amide bonds. The molecule has 1 aromatic carbocycles. The summed E-state index contributed by atoms with van der Waals surface area (Å²) in [7, 11) is 0. The second kappa shape index (κ2) is 6.58. The summed E-state index contributed by atoms with van der Waals surface area (Å²) in [6.07, 6.45) is 6.03. The molecule has 3 N–H and O–H groups in total. The normalized spacial score (nSPS) is 28.1. The van der Waals surface area contributed by atoms with Crippen LogP contribution < -0.4 is 10.6 Å². The van der Waals surface area contributed by atoms with Gasteiger partial charge in [-0.05, 0) is 36.3 Å². The number of hydrogen-bond acceptors (Lipinski definition) is 3. The number of benzene rings is 1. The van der Waals surface area contributed by atoms with Crippen molar-refractivity contribution >= 4 is 5.91 Å². The Morgan fingerprint density at radius 3 is 2.76 bits per heavy atom. The van der Waals surface area contributed by atoms with E-state index in [1.807, 2.05) is 24.3 Å². The molecule has 1 heterocycles. The number of nitrogens with one attached hydrogen (secondary N) is 2. The van der Waals surface area contributed by atoms with Crippen LogP contribution >= 0.6 is 0 Å². The van der Waals surface area contributed by atoms with Crippen LogP contribution in [0.3, 0.4) is 0 Å². The first kappa shape index (κ1) is 14.5. The highest BCUT2D eigenvalue weighted by atomic mass is 16.3. The van der Waals surface area contributed by atoms with E-state index in [0.29, 0.717) is 18.5 Å². The van der Waals surface area contributed by atoms with E-state index >= 15 is 0 Å². The van der Waals surface area contributed by atoms with Crippen molar-refractivity contribution in [3.8, 4) is 0 Å². The zero-order valence-corrected chi connectivity index (χ0v) is 12.3. The molecule has 1 saturated carbocycles. The largest absolute Gasteiger partial charge is 0.392 e. The van der Waals surface area contributed by atoms with Crippen LogP contribution in [0.2, 0.25) is 0 Å². The SMILES string of the molecule is O=C(NCc1ccccc1CO)C1CC2CCCCC2N1. The van der Waals surface area contributed by atoms with Crippen LogP contribution in [0.4, 0.5) is 0 Å². The lowest BCUT2D eigenvalue weighted by Crippen LogP contribution is -2.43. The summed E-state index contributed by atoms with van der Waals surface area (Å²) in [6, 6.07) is 8.18. The fraction of sp³-hybridized carbons (Fsp3) is 0.588. The van der Waals surface area contributed by atoms with E-state index in [2.05, 4.69) is 10.6 Å². The minimum Gasteiger partial charge on any atom is -0.392 e. The number of carbonyl (C=O) groups is 1. The van der Waals surface area contributed by atoms with Gasteiger partial charge in [0.15, 0.2) is 0 Å². The molecule has 21 heavy (non-hydrogen) atoms. The minimum absolute atomic E-state index is 0.0118. The van der Waals surface area contributed by atoms with Gasteiger partial charge in [0.25, 0.3) is 0 Å². The predicted octanol–water partition coefficient (Wildman–Crippen LogP) is 1.72. The third-order valence-electron chi connectivity index (χ3n) is 4.92. The van der Waals surface area contributed by atoms with Crippen molar-refractivity contribution in [3.05, 3.63) is 35.4 Å². The molecule has 1 aliphatic heterocycles. The summed E-state index contributed by atoms with van der Waals surface area (Å²) in [5.41, 5.74) is 1.87. The first-order valence-electron chi connectivity index (χ1n) is 7.99. The minimum atomic E-state index is -0.0422. The number of hydrogen-bond donors (Lipinski definition) is 3. The summed E-state index contributed by atoms with van der Waals surface area (Å²) in [5.74, 6) is 0.774. The first-order chi connectivity index (χ1) is 10.3. The first-order valence-corrected chi connectivity index (χ1v) is 7.99. The summed E-state index contributed by atoms with van der Waals surface area (Å²) in [5, 5.41) is 15.8. The molecule has 2 fully saturated rings. The highest BCUT2D eigenvalue weighted by molar-refractivity contribution is 5.82. The third-order valence-corrected chi connectivity index (χ3v) is 4.92. The summed E-state index contributed by atoms with van der Waals surface area (Å²) in [4.78, 5) is 12.3. The van der Waals surface area contributed by atoms with E-state index in [-0.39, 0.29) is 18.6 Å². The fourth-order valence-corrected chi connectivity index (χ4v) is 3.71. The van der Waals surface area contributed by atoms with Crippen molar-refractivity contribution in [1.82, 2.24) is 10.6 Å². The van der Waals surface area contributed by atoms with Gasteiger partial charge < -0.3 is 15.7 Å². The van der Waals surface area contributed by atoms with Crippen LogP contribution in [0.25, 0.3) is 0 Å². The van der Waals surface area contributed by atoms with Crippen molar-refractivity contribution in [2.45, 2.75) is 57.3 Å². The van der Waals surface area contributed by atoms with Gasteiger partial charge in [-0.3, -0.25) is 4.79 Å². The van der Waals surface area contributed by atoms with Crippen molar-refractivity contribution in [2.24, 2.45) is 5.92 Å². The summed E-state index contributed by atoms with van der Waals surface area (Å²) in [6.45, 7) is 0.501. The predicted molar refractivity (Wildman–Crippen MR) is 81.5 cm³/mol. The zero-order valence-electron chi connectivity index (χ0n) is 12.3. The van der Waals surface area contributed by atoms with Gasteiger partial charge in [-0.25, -0.2) is 0 Å². The molecule has 114 valence electrons. The lowest BCUT2D eigenvalue weighted by molar-refractivity contribution is -0.123. The fourth-order valence-electron chi connectivity index (χ4n) is 3.71. The maximum absolute atomic E-state index is 12.3. The van der Waals surface area contributed by atoms with Crippen LogP contribution in [-0.4, -0.2) is 23.1 Å². The average molecular weight is 288 g/mol. The van der Waals surface area contributed by atoms with Gasteiger partial charge in [0, 0.05) is 12.6 Å². The molecule has 3 atom stereocenters. The van der Waals surface area contributed by atoms with E-state index in [4.69, 9.17) is 0 Å². The van der Waals surface area contributed by atoms with E-state index in [1.54, 1.807) is 0 Å². The van der Waals surface area contributed by atoms with Gasteiger partial charge in [0.05, 0.1) is 12.6 Å². The Kier molecular flexibility index (Phi) is 4.56. The molecule has 0 spiro atoms. The number of aliphatic hydroxyl groups excluding tert-OH is 1. The Balaban J connectivity index is 1.55. The summed E-state index contributed by atoms with van der Waals surface area (Å²) < 4.78 is 0. The van der Waals surface area contributed by atoms with Gasteiger partial charge in [-0.2, -0.15) is 0 Å². The Hall–Kier alpha value is -1.39. The Morgan fingerprint density at radius 2 is 2.00 bits per heavy atom. The smallest absolute Gasteiger partial charge is 0.237 e. The van der Waals surface area contributed by atoms with Gasteiger partial charge >= 0.3 is 0 Å². The lowest BCUT2D eigenvalue weighted by atomic mass is 9.85. The van der Waals surface area contributed by atoms with Crippen LogP contribution in [-0.2, 0) is 17.9 Å². The van der Waals surface area contributed by atoms with Gasteiger partial charge in [-0.15, -0.1) is 0 Å². The number of rotatable bonds is 4. The van der Waals surface area contributed by atoms with Crippen molar-refractivity contribution in [1.29, 1.82) is 0 Å².